The predicted molar refractivity (Wildman–Crippen MR) is 134 cm³/mol. The van der Waals surface area contributed by atoms with Crippen LogP contribution in [0.4, 0.5) is 4.39 Å². The van der Waals surface area contributed by atoms with Gasteiger partial charge in [-0.1, -0.05) is 55.3 Å². The Morgan fingerprint density at radius 2 is 1.69 bits per heavy atom. The number of tetrazole rings is 1. The fourth-order valence-electron chi connectivity index (χ4n) is 4.76. The molecule has 4 aromatic rings. The largest absolute Gasteiger partial charge is 0.351 e. The Balaban J connectivity index is 1.29. The highest BCUT2D eigenvalue weighted by molar-refractivity contribution is 7.98. The van der Waals surface area contributed by atoms with Gasteiger partial charge in [0.25, 0.3) is 5.91 Å². The minimum absolute atomic E-state index is 0.107. The highest BCUT2D eigenvalue weighted by Gasteiger charge is 2.36. The lowest BCUT2D eigenvalue weighted by Crippen LogP contribution is -2.39. The zero-order chi connectivity index (χ0) is 24.1. The Morgan fingerprint density at radius 1 is 0.971 bits per heavy atom. The molecule has 5 rings (SSSR count). The van der Waals surface area contributed by atoms with E-state index >= 15 is 0 Å². The quantitative estimate of drug-likeness (QED) is 0.340. The molecule has 1 aliphatic carbocycles. The zero-order valence-electron chi connectivity index (χ0n) is 19.2. The number of benzene rings is 3. The van der Waals surface area contributed by atoms with Gasteiger partial charge in [-0.2, -0.15) is 4.68 Å². The van der Waals surface area contributed by atoms with Crippen LogP contribution in [0.15, 0.2) is 83.8 Å². The first-order valence-corrected chi connectivity index (χ1v) is 12.7. The molecule has 0 aliphatic heterocycles. The molecule has 0 unspecified atom stereocenters. The molecule has 1 saturated carbocycles. The number of halogens is 1. The summed E-state index contributed by atoms with van der Waals surface area (Å²) in [6.07, 6.45) is 4.18. The Labute approximate surface area is 207 Å². The van der Waals surface area contributed by atoms with Gasteiger partial charge >= 0.3 is 0 Å². The summed E-state index contributed by atoms with van der Waals surface area (Å²) in [5, 5.41) is 15.3. The van der Waals surface area contributed by atoms with Crippen molar-refractivity contribution in [3.05, 3.63) is 102 Å². The van der Waals surface area contributed by atoms with E-state index in [0.29, 0.717) is 23.7 Å². The van der Waals surface area contributed by atoms with E-state index in [1.807, 2.05) is 66.7 Å². The maximum absolute atomic E-state index is 13.5. The van der Waals surface area contributed by atoms with Crippen LogP contribution < -0.4 is 5.32 Å². The number of nitrogens with one attached hydrogen (secondary N) is 1. The molecule has 6 nitrogen and oxygen atoms in total. The van der Waals surface area contributed by atoms with Crippen molar-refractivity contribution in [2.75, 3.05) is 6.54 Å². The van der Waals surface area contributed by atoms with Gasteiger partial charge in [-0.25, -0.2) is 4.39 Å². The third kappa shape index (κ3) is 5.12. The van der Waals surface area contributed by atoms with Crippen molar-refractivity contribution in [3.8, 4) is 5.69 Å². The number of hydrogen-bond acceptors (Lipinski definition) is 5. The van der Waals surface area contributed by atoms with E-state index in [1.54, 1.807) is 4.68 Å². The van der Waals surface area contributed by atoms with Crippen molar-refractivity contribution in [3.63, 3.8) is 0 Å². The Bertz CT molecular complexity index is 1290. The number of hydrogen-bond donors (Lipinski definition) is 1. The molecule has 8 heteroatoms. The standard InChI is InChI=1S/C27H26FN5OS/c28-21-14-12-20(13-15-21)27(16-6-7-17-27)19-29-26(34)23-10-4-5-11-24(23)35-18-25-30-31-32-33(25)22-8-2-1-3-9-22/h1-5,8-15H,6-7,16-19H2,(H,29,34). The molecule has 1 fully saturated rings. The molecule has 0 radical (unpaired) electrons. The van der Waals surface area contributed by atoms with Crippen LogP contribution >= 0.6 is 11.8 Å². The van der Waals surface area contributed by atoms with E-state index in [-0.39, 0.29) is 17.1 Å². The summed E-state index contributed by atoms with van der Waals surface area (Å²) in [6, 6.07) is 24.0. The number of rotatable bonds is 8. The summed E-state index contributed by atoms with van der Waals surface area (Å²) in [7, 11) is 0. The van der Waals surface area contributed by atoms with Crippen molar-refractivity contribution in [2.45, 2.75) is 41.7 Å². The van der Waals surface area contributed by atoms with Crippen molar-refractivity contribution in [1.29, 1.82) is 0 Å². The number of carbonyl (C=O) groups is 1. The second-order valence-electron chi connectivity index (χ2n) is 8.80. The molecule has 0 saturated heterocycles. The van der Waals surface area contributed by atoms with Crippen molar-refractivity contribution in [2.24, 2.45) is 0 Å². The van der Waals surface area contributed by atoms with Gasteiger partial charge in [0.1, 0.15) is 5.82 Å². The fraction of sp³-hybridized carbons (Fsp3) is 0.259. The highest BCUT2D eigenvalue weighted by Crippen LogP contribution is 2.40. The summed E-state index contributed by atoms with van der Waals surface area (Å²) in [5.41, 5.74) is 2.46. The maximum atomic E-state index is 13.5. The third-order valence-electron chi connectivity index (χ3n) is 6.63. The van der Waals surface area contributed by atoms with Crippen LogP contribution in [0.1, 0.15) is 47.4 Å². The van der Waals surface area contributed by atoms with E-state index in [4.69, 9.17) is 0 Å². The normalized spacial score (nSPS) is 14.7. The molecule has 3 aromatic carbocycles. The van der Waals surface area contributed by atoms with E-state index in [2.05, 4.69) is 20.8 Å². The Morgan fingerprint density at radius 3 is 2.46 bits per heavy atom. The lowest BCUT2D eigenvalue weighted by molar-refractivity contribution is 0.0940. The summed E-state index contributed by atoms with van der Waals surface area (Å²) in [6.45, 7) is 0.530. The van der Waals surface area contributed by atoms with E-state index < -0.39 is 0 Å². The van der Waals surface area contributed by atoms with Gasteiger partial charge in [-0.05, 0) is 65.2 Å². The summed E-state index contributed by atoms with van der Waals surface area (Å²) < 4.78 is 15.2. The second-order valence-corrected chi connectivity index (χ2v) is 9.82. The highest BCUT2D eigenvalue weighted by atomic mass is 32.2. The van der Waals surface area contributed by atoms with E-state index in [1.165, 1.54) is 23.9 Å². The first-order chi connectivity index (χ1) is 17.1. The lowest BCUT2D eigenvalue weighted by Gasteiger charge is -2.30. The van der Waals surface area contributed by atoms with Crippen molar-refractivity contribution in [1.82, 2.24) is 25.5 Å². The first kappa shape index (κ1) is 23.2. The summed E-state index contributed by atoms with van der Waals surface area (Å²) >= 11 is 1.53. The van der Waals surface area contributed by atoms with Crippen LogP contribution in [0.25, 0.3) is 5.69 Å². The average molecular weight is 488 g/mol. The van der Waals surface area contributed by atoms with Gasteiger partial charge in [0.2, 0.25) is 0 Å². The van der Waals surface area contributed by atoms with Gasteiger partial charge in [0.05, 0.1) is 17.0 Å². The van der Waals surface area contributed by atoms with Crippen LogP contribution in [0.2, 0.25) is 0 Å². The number of nitrogens with zero attached hydrogens (tertiary/aromatic N) is 4. The van der Waals surface area contributed by atoms with Crippen LogP contribution in [-0.2, 0) is 11.2 Å². The maximum Gasteiger partial charge on any atom is 0.252 e. The second kappa shape index (κ2) is 10.4. The molecule has 1 heterocycles. The number of para-hydroxylation sites is 1. The number of aromatic nitrogens is 4. The molecule has 0 atom stereocenters. The minimum atomic E-state index is -0.241. The van der Waals surface area contributed by atoms with Crippen LogP contribution in [-0.4, -0.2) is 32.7 Å². The molecule has 1 aromatic heterocycles. The average Bonchev–Trinajstić information content (AvgIpc) is 3.58. The Kier molecular flexibility index (Phi) is 6.90. The molecule has 1 aliphatic rings. The topological polar surface area (TPSA) is 72.7 Å². The number of amides is 1. The Hall–Kier alpha value is -3.52. The van der Waals surface area contributed by atoms with Crippen LogP contribution in [0.5, 0.6) is 0 Å². The van der Waals surface area contributed by atoms with Crippen LogP contribution in [0.3, 0.4) is 0 Å². The first-order valence-electron chi connectivity index (χ1n) is 11.7. The van der Waals surface area contributed by atoms with E-state index in [9.17, 15) is 9.18 Å². The number of thioether (sulfide) groups is 1. The minimum Gasteiger partial charge on any atom is -0.351 e. The molecule has 35 heavy (non-hydrogen) atoms. The van der Waals surface area contributed by atoms with Crippen molar-refractivity contribution < 1.29 is 9.18 Å². The van der Waals surface area contributed by atoms with Crippen molar-refractivity contribution >= 4 is 17.7 Å². The predicted octanol–water partition coefficient (Wildman–Crippen LogP) is 5.34. The van der Waals surface area contributed by atoms with Gasteiger partial charge in [0, 0.05) is 16.9 Å². The fourth-order valence-corrected chi connectivity index (χ4v) is 5.71. The molecular formula is C27H26FN5OS. The van der Waals surface area contributed by atoms with Gasteiger partial charge < -0.3 is 5.32 Å². The van der Waals surface area contributed by atoms with Gasteiger partial charge in [-0.15, -0.1) is 16.9 Å². The van der Waals surface area contributed by atoms with E-state index in [0.717, 1.165) is 41.8 Å². The lowest BCUT2D eigenvalue weighted by atomic mass is 9.78. The molecule has 0 bridgehead atoms. The smallest absolute Gasteiger partial charge is 0.252 e. The monoisotopic (exact) mass is 487 g/mol. The van der Waals surface area contributed by atoms with Gasteiger partial charge in [0.15, 0.2) is 5.82 Å². The summed E-state index contributed by atoms with van der Waals surface area (Å²) in [5.74, 6) is 0.878. The molecular weight excluding hydrogens is 461 g/mol. The molecule has 1 amide bonds. The number of carbonyl (C=O) groups excluding carboxylic acids is 1. The van der Waals surface area contributed by atoms with Gasteiger partial charge in [-0.3, -0.25) is 4.79 Å². The molecule has 1 N–H and O–H groups in total. The van der Waals surface area contributed by atoms with Crippen LogP contribution in [0, 0.1) is 5.82 Å². The third-order valence-corrected chi connectivity index (χ3v) is 7.70. The molecule has 0 spiro atoms. The molecule has 178 valence electrons. The SMILES string of the molecule is O=C(NCC1(c2ccc(F)cc2)CCCC1)c1ccccc1SCc1nnnn1-c1ccccc1. The summed E-state index contributed by atoms with van der Waals surface area (Å²) in [4.78, 5) is 14.1. The zero-order valence-corrected chi connectivity index (χ0v) is 20.0.